The largest absolute Gasteiger partial charge is 0.388 e. The van der Waals surface area contributed by atoms with Gasteiger partial charge in [0.05, 0.1) is 35.8 Å². The van der Waals surface area contributed by atoms with E-state index in [0.717, 1.165) is 5.69 Å². The molecule has 1 aromatic carbocycles. The summed E-state index contributed by atoms with van der Waals surface area (Å²) >= 11 is 5.95. The number of aliphatic hydroxyl groups is 1. The molecule has 1 aliphatic heterocycles. The third kappa shape index (κ3) is 4.31. The molecule has 29 heavy (non-hydrogen) atoms. The first-order valence-corrected chi connectivity index (χ1v) is 9.86. The number of hydrogen-bond donors (Lipinski definition) is 1. The summed E-state index contributed by atoms with van der Waals surface area (Å²) < 4.78 is 1.43. The summed E-state index contributed by atoms with van der Waals surface area (Å²) in [4.78, 5) is 35.4. The van der Waals surface area contributed by atoms with Crippen LogP contribution in [-0.4, -0.2) is 49.1 Å². The Labute approximate surface area is 172 Å². The molecule has 0 aliphatic carbocycles. The Morgan fingerprint density at radius 2 is 1.97 bits per heavy atom. The summed E-state index contributed by atoms with van der Waals surface area (Å²) in [7, 11) is 0. The minimum atomic E-state index is -1.06. The number of piperidine rings is 1. The Balaban J connectivity index is 1.43. The smallest absolute Gasteiger partial charge is 0.261 e. The molecule has 0 spiro atoms. The van der Waals surface area contributed by atoms with Crippen molar-refractivity contribution in [2.45, 2.75) is 31.4 Å². The van der Waals surface area contributed by atoms with Gasteiger partial charge in [-0.3, -0.25) is 19.1 Å². The highest BCUT2D eigenvalue weighted by Gasteiger charge is 2.34. The minimum absolute atomic E-state index is 0.00725. The number of amides is 1. The van der Waals surface area contributed by atoms with Gasteiger partial charge in [-0.05, 0) is 43.2 Å². The Bertz CT molecular complexity index is 1090. The number of pyridine rings is 1. The number of hydrogen-bond acceptors (Lipinski definition) is 5. The molecular weight excluding hydrogens is 392 g/mol. The summed E-state index contributed by atoms with van der Waals surface area (Å²) in [6.45, 7) is 1.01. The predicted octanol–water partition coefficient (Wildman–Crippen LogP) is 2.04. The van der Waals surface area contributed by atoms with Crippen molar-refractivity contribution in [1.29, 1.82) is 0 Å². The van der Waals surface area contributed by atoms with Crippen LogP contribution in [0.2, 0.25) is 5.02 Å². The molecule has 1 saturated heterocycles. The zero-order chi connectivity index (χ0) is 20.4. The number of carbonyl (C=O) groups excluding carboxylic acids is 1. The predicted molar refractivity (Wildman–Crippen MR) is 110 cm³/mol. The lowest BCUT2D eigenvalue weighted by molar-refractivity contribution is -0.135. The Kier molecular flexibility index (Phi) is 5.34. The second-order valence-electron chi connectivity index (χ2n) is 7.44. The maximum atomic E-state index is 12.7. The minimum Gasteiger partial charge on any atom is -0.388 e. The maximum absolute atomic E-state index is 12.7. The van der Waals surface area contributed by atoms with E-state index in [-0.39, 0.29) is 24.4 Å². The molecule has 1 amide bonds. The summed E-state index contributed by atoms with van der Waals surface area (Å²) in [6.07, 6.45) is 4.15. The first-order chi connectivity index (χ1) is 13.9. The number of fused-ring (bicyclic) bond motifs is 1. The van der Waals surface area contributed by atoms with Gasteiger partial charge in [0, 0.05) is 30.0 Å². The molecule has 8 heteroatoms. The second-order valence-corrected chi connectivity index (χ2v) is 7.88. The van der Waals surface area contributed by atoms with Gasteiger partial charge >= 0.3 is 0 Å². The van der Waals surface area contributed by atoms with Crippen molar-refractivity contribution >= 4 is 28.4 Å². The fraction of sp³-hybridized carbons (Fsp3) is 0.333. The van der Waals surface area contributed by atoms with Gasteiger partial charge in [-0.1, -0.05) is 17.7 Å². The molecule has 1 N–H and O–H groups in total. The Hall–Kier alpha value is -2.77. The molecule has 3 heterocycles. The Morgan fingerprint density at radius 1 is 1.17 bits per heavy atom. The van der Waals surface area contributed by atoms with E-state index in [1.807, 2.05) is 18.2 Å². The van der Waals surface area contributed by atoms with Crippen molar-refractivity contribution in [3.63, 3.8) is 0 Å². The average Bonchev–Trinajstić information content (AvgIpc) is 2.71. The van der Waals surface area contributed by atoms with Crippen molar-refractivity contribution in [2.24, 2.45) is 0 Å². The summed E-state index contributed by atoms with van der Waals surface area (Å²) in [5.74, 6) is -0.00725. The molecule has 150 valence electrons. The fourth-order valence-corrected chi connectivity index (χ4v) is 3.83. The summed E-state index contributed by atoms with van der Waals surface area (Å²) in [5, 5.41) is 12.0. The van der Waals surface area contributed by atoms with Crippen molar-refractivity contribution in [1.82, 2.24) is 19.4 Å². The topological polar surface area (TPSA) is 88.3 Å². The van der Waals surface area contributed by atoms with Crippen LogP contribution in [0.4, 0.5) is 0 Å². The Morgan fingerprint density at radius 3 is 2.69 bits per heavy atom. The summed E-state index contributed by atoms with van der Waals surface area (Å²) in [6, 6.07) is 10.4. The SMILES string of the molecule is O=C(Cc1ccccn1)N1CCC(O)(Cn2cnc3cc(Cl)ccc3c2=O)CC1. The lowest BCUT2D eigenvalue weighted by atomic mass is 9.91. The monoisotopic (exact) mass is 412 g/mol. The third-order valence-corrected chi connectivity index (χ3v) is 5.59. The van der Waals surface area contributed by atoms with Crippen LogP contribution in [0.5, 0.6) is 0 Å². The average molecular weight is 413 g/mol. The molecule has 2 aromatic heterocycles. The molecule has 0 unspecified atom stereocenters. The molecule has 1 fully saturated rings. The van der Waals surface area contributed by atoms with Crippen LogP contribution < -0.4 is 5.56 Å². The molecular formula is C21H21ClN4O3. The zero-order valence-electron chi connectivity index (χ0n) is 15.8. The normalized spacial score (nSPS) is 16.1. The van der Waals surface area contributed by atoms with Gasteiger partial charge in [-0.25, -0.2) is 4.98 Å². The van der Waals surface area contributed by atoms with Crippen LogP contribution in [0.1, 0.15) is 18.5 Å². The van der Waals surface area contributed by atoms with E-state index in [0.29, 0.717) is 41.9 Å². The van der Waals surface area contributed by atoms with Crippen LogP contribution in [0, 0.1) is 0 Å². The summed E-state index contributed by atoms with van der Waals surface area (Å²) in [5.41, 5.74) is -0.0189. The van der Waals surface area contributed by atoms with E-state index in [2.05, 4.69) is 9.97 Å². The number of rotatable bonds is 4. The number of halogens is 1. The molecule has 0 bridgehead atoms. The maximum Gasteiger partial charge on any atom is 0.261 e. The number of carbonyl (C=O) groups is 1. The highest BCUT2D eigenvalue weighted by atomic mass is 35.5. The quantitative estimate of drug-likeness (QED) is 0.708. The van der Waals surface area contributed by atoms with Crippen molar-refractivity contribution < 1.29 is 9.90 Å². The van der Waals surface area contributed by atoms with E-state index < -0.39 is 5.60 Å². The fourth-order valence-electron chi connectivity index (χ4n) is 3.66. The van der Waals surface area contributed by atoms with E-state index in [4.69, 9.17) is 11.6 Å². The van der Waals surface area contributed by atoms with Gasteiger partial charge < -0.3 is 10.0 Å². The molecule has 4 rings (SSSR count). The highest BCUT2D eigenvalue weighted by Crippen LogP contribution is 2.24. The van der Waals surface area contributed by atoms with Gasteiger partial charge in [-0.2, -0.15) is 0 Å². The number of nitrogens with zero attached hydrogens (tertiary/aromatic N) is 4. The number of aromatic nitrogens is 3. The van der Waals surface area contributed by atoms with Crippen LogP contribution in [0.3, 0.4) is 0 Å². The van der Waals surface area contributed by atoms with Gasteiger partial charge in [0.15, 0.2) is 0 Å². The number of benzene rings is 1. The van der Waals surface area contributed by atoms with Gasteiger partial charge in [0.25, 0.3) is 5.56 Å². The second kappa shape index (κ2) is 7.93. The standard InChI is InChI=1S/C21H21ClN4O3/c22-15-4-5-17-18(11-15)24-14-26(20(17)28)13-21(29)6-9-25(10-7-21)19(27)12-16-3-1-2-8-23-16/h1-5,8,11,14,29H,6-7,9-10,12-13H2. The van der Waals surface area contributed by atoms with E-state index >= 15 is 0 Å². The van der Waals surface area contributed by atoms with Gasteiger partial charge in [0.1, 0.15) is 0 Å². The van der Waals surface area contributed by atoms with Crippen LogP contribution in [0.15, 0.2) is 53.7 Å². The van der Waals surface area contributed by atoms with Gasteiger partial charge in [-0.15, -0.1) is 0 Å². The van der Waals surface area contributed by atoms with E-state index in [1.165, 1.54) is 10.9 Å². The number of likely N-dealkylation sites (tertiary alicyclic amines) is 1. The van der Waals surface area contributed by atoms with E-state index in [9.17, 15) is 14.7 Å². The zero-order valence-corrected chi connectivity index (χ0v) is 16.5. The van der Waals surface area contributed by atoms with Gasteiger partial charge in [0.2, 0.25) is 5.91 Å². The molecule has 3 aromatic rings. The molecule has 0 radical (unpaired) electrons. The van der Waals surface area contributed by atoms with E-state index in [1.54, 1.807) is 29.3 Å². The molecule has 0 saturated carbocycles. The lowest BCUT2D eigenvalue weighted by Crippen LogP contribution is -2.50. The third-order valence-electron chi connectivity index (χ3n) is 5.36. The van der Waals surface area contributed by atoms with Crippen molar-refractivity contribution in [3.8, 4) is 0 Å². The molecule has 7 nitrogen and oxygen atoms in total. The van der Waals surface area contributed by atoms with Crippen molar-refractivity contribution in [3.05, 3.63) is 70.0 Å². The first kappa shape index (κ1) is 19.5. The highest BCUT2D eigenvalue weighted by molar-refractivity contribution is 6.31. The molecule has 0 atom stereocenters. The first-order valence-electron chi connectivity index (χ1n) is 9.48. The van der Waals surface area contributed by atoms with Crippen molar-refractivity contribution in [2.75, 3.05) is 13.1 Å². The lowest BCUT2D eigenvalue weighted by Gasteiger charge is -2.38. The molecule has 1 aliphatic rings. The van der Waals surface area contributed by atoms with Crippen LogP contribution >= 0.6 is 11.6 Å². The van der Waals surface area contributed by atoms with Crippen LogP contribution in [-0.2, 0) is 17.8 Å². The van der Waals surface area contributed by atoms with Crippen LogP contribution in [0.25, 0.3) is 10.9 Å².